The van der Waals surface area contributed by atoms with Crippen LogP contribution in [-0.4, -0.2) is 45.2 Å². The van der Waals surface area contributed by atoms with Gasteiger partial charge in [0.1, 0.15) is 11.5 Å². The van der Waals surface area contributed by atoms with Crippen LogP contribution in [0.5, 0.6) is 11.5 Å². The fraction of sp³-hybridized carbons (Fsp3) is 0.318. The van der Waals surface area contributed by atoms with Gasteiger partial charge in [0.15, 0.2) is 6.61 Å². The zero-order valence-corrected chi connectivity index (χ0v) is 18.2. The van der Waals surface area contributed by atoms with Crippen LogP contribution >= 0.6 is 11.6 Å². The lowest BCUT2D eigenvalue weighted by Crippen LogP contribution is -2.28. The van der Waals surface area contributed by atoms with E-state index in [1.165, 1.54) is 19.1 Å². The zero-order valence-electron chi connectivity index (χ0n) is 17.4. The number of carbonyl (C=O) groups is 3. The van der Waals surface area contributed by atoms with E-state index in [-0.39, 0.29) is 18.9 Å². The number of hydrogen-bond acceptors (Lipinski definition) is 6. The predicted octanol–water partition coefficient (Wildman–Crippen LogP) is 3.20. The summed E-state index contributed by atoms with van der Waals surface area (Å²) in [6.45, 7) is 1.50. The van der Waals surface area contributed by atoms with Gasteiger partial charge in [-0.2, -0.15) is 0 Å². The molecule has 1 aliphatic rings. The van der Waals surface area contributed by atoms with Crippen molar-refractivity contribution in [2.24, 2.45) is 5.92 Å². The highest BCUT2D eigenvalue weighted by atomic mass is 35.5. The largest absolute Gasteiger partial charge is 0.497 e. The van der Waals surface area contributed by atoms with Crippen LogP contribution in [0.4, 0.5) is 11.4 Å². The van der Waals surface area contributed by atoms with Gasteiger partial charge in [0.05, 0.1) is 25.8 Å². The number of halogens is 1. The van der Waals surface area contributed by atoms with Crippen molar-refractivity contribution < 1.29 is 28.6 Å². The van der Waals surface area contributed by atoms with Crippen LogP contribution in [0.2, 0.25) is 5.02 Å². The average molecular weight is 447 g/mol. The summed E-state index contributed by atoms with van der Waals surface area (Å²) in [4.78, 5) is 38.6. The molecular weight excluding hydrogens is 424 g/mol. The maximum Gasteiger partial charge on any atom is 0.311 e. The van der Waals surface area contributed by atoms with E-state index in [9.17, 15) is 14.4 Å². The molecule has 1 saturated heterocycles. The first kappa shape index (κ1) is 22.4. The van der Waals surface area contributed by atoms with E-state index in [1.54, 1.807) is 36.4 Å². The van der Waals surface area contributed by atoms with E-state index >= 15 is 0 Å². The van der Waals surface area contributed by atoms with Crippen LogP contribution < -0.4 is 19.7 Å². The molecule has 0 unspecified atom stereocenters. The van der Waals surface area contributed by atoms with Gasteiger partial charge in [-0.1, -0.05) is 17.7 Å². The van der Waals surface area contributed by atoms with Gasteiger partial charge in [-0.15, -0.1) is 0 Å². The molecule has 0 radical (unpaired) electrons. The SMILES string of the molecule is COc1ccc(N2C[C@H](C(=O)OCC(=O)Nc3cc(Cl)ccc3C)CC2=O)c(OC)c1. The predicted molar refractivity (Wildman–Crippen MR) is 116 cm³/mol. The summed E-state index contributed by atoms with van der Waals surface area (Å²) in [7, 11) is 3.02. The van der Waals surface area contributed by atoms with Gasteiger partial charge in [0.25, 0.3) is 5.91 Å². The maximum atomic E-state index is 12.5. The van der Waals surface area contributed by atoms with Gasteiger partial charge in [-0.3, -0.25) is 14.4 Å². The van der Waals surface area contributed by atoms with Gasteiger partial charge in [0.2, 0.25) is 5.91 Å². The third-order valence-corrected chi connectivity index (χ3v) is 5.19. The molecule has 9 heteroatoms. The summed E-state index contributed by atoms with van der Waals surface area (Å²) in [6.07, 6.45) is -0.0109. The molecule has 0 spiro atoms. The van der Waals surface area contributed by atoms with Crippen LogP contribution in [0.1, 0.15) is 12.0 Å². The lowest BCUT2D eigenvalue weighted by atomic mass is 10.1. The zero-order chi connectivity index (χ0) is 22.5. The van der Waals surface area contributed by atoms with Crippen molar-refractivity contribution in [3.8, 4) is 11.5 Å². The number of ether oxygens (including phenoxy) is 3. The fourth-order valence-corrected chi connectivity index (χ4v) is 3.45. The Labute approximate surface area is 185 Å². The van der Waals surface area contributed by atoms with Crippen LogP contribution in [0.25, 0.3) is 0 Å². The highest BCUT2D eigenvalue weighted by molar-refractivity contribution is 6.31. The second-order valence-electron chi connectivity index (χ2n) is 7.06. The number of aryl methyl sites for hydroxylation is 1. The molecule has 1 aliphatic heterocycles. The topological polar surface area (TPSA) is 94.2 Å². The van der Waals surface area contributed by atoms with Crippen molar-refractivity contribution in [1.29, 1.82) is 0 Å². The third kappa shape index (κ3) is 5.27. The number of carbonyl (C=O) groups excluding carboxylic acids is 3. The first-order chi connectivity index (χ1) is 14.8. The van der Waals surface area contributed by atoms with E-state index in [1.807, 2.05) is 6.92 Å². The van der Waals surface area contributed by atoms with Crippen molar-refractivity contribution in [3.05, 3.63) is 47.0 Å². The summed E-state index contributed by atoms with van der Waals surface area (Å²) in [5.74, 6) is -0.968. The molecule has 2 aromatic rings. The third-order valence-electron chi connectivity index (χ3n) is 4.96. The number of rotatable bonds is 7. The quantitative estimate of drug-likeness (QED) is 0.656. The monoisotopic (exact) mass is 446 g/mol. The van der Waals surface area contributed by atoms with Crippen molar-refractivity contribution >= 4 is 40.8 Å². The highest BCUT2D eigenvalue weighted by Gasteiger charge is 2.37. The van der Waals surface area contributed by atoms with Gasteiger partial charge >= 0.3 is 5.97 Å². The Kier molecular flexibility index (Phi) is 7.02. The van der Waals surface area contributed by atoms with E-state index < -0.39 is 24.4 Å². The van der Waals surface area contributed by atoms with E-state index in [4.69, 9.17) is 25.8 Å². The smallest absolute Gasteiger partial charge is 0.311 e. The Morgan fingerprint density at radius 1 is 1.16 bits per heavy atom. The Morgan fingerprint density at radius 2 is 1.94 bits per heavy atom. The molecule has 8 nitrogen and oxygen atoms in total. The molecule has 0 bridgehead atoms. The summed E-state index contributed by atoms with van der Waals surface area (Å²) in [6, 6.07) is 10.2. The van der Waals surface area contributed by atoms with Crippen molar-refractivity contribution in [2.45, 2.75) is 13.3 Å². The lowest BCUT2D eigenvalue weighted by molar-refractivity contribution is -0.151. The van der Waals surface area contributed by atoms with Gasteiger partial charge in [0, 0.05) is 29.7 Å². The molecule has 2 aromatic carbocycles. The first-order valence-corrected chi connectivity index (χ1v) is 9.95. The maximum absolute atomic E-state index is 12.5. The number of hydrogen-bond donors (Lipinski definition) is 1. The fourth-order valence-electron chi connectivity index (χ4n) is 3.28. The van der Waals surface area contributed by atoms with Gasteiger partial charge in [-0.05, 0) is 36.8 Å². The standard InChI is InChI=1S/C22H23ClN2O6/c1-13-4-5-15(23)9-17(13)24-20(26)12-31-22(28)14-8-21(27)25(11-14)18-7-6-16(29-2)10-19(18)30-3/h4-7,9-10,14H,8,11-12H2,1-3H3,(H,24,26)/t14-/m1/s1. The minimum Gasteiger partial charge on any atom is -0.497 e. The number of nitrogens with zero attached hydrogens (tertiary/aromatic N) is 1. The molecular formula is C22H23ClN2O6. The van der Waals surface area contributed by atoms with Crippen LogP contribution in [0.3, 0.4) is 0 Å². The minimum atomic E-state index is -0.681. The Hall–Kier alpha value is -3.26. The second kappa shape index (κ2) is 9.70. The number of esters is 1. The normalized spacial score (nSPS) is 15.5. The van der Waals surface area contributed by atoms with Gasteiger partial charge < -0.3 is 24.4 Å². The molecule has 0 aliphatic carbocycles. The van der Waals surface area contributed by atoms with E-state index in [0.717, 1.165) is 5.56 Å². The summed E-state index contributed by atoms with van der Waals surface area (Å²) in [5.41, 5.74) is 1.91. The lowest BCUT2D eigenvalue weighted by Gasteiger charge is -2.20. The van der Waals surface area contributed by atoms with Crippen molar-refractivity contribution in [2.75, 3.05) is 37.6 Å². The molecule has 1 N–H and O–H groups in total. The molecule has 0 aromatic heterocycles. The first-order valence-electron chi connectivity index (χ1n) is 9.57. The number of methoxy groups -OCH3 is 2. The summed E-state index contributed by atoms with van der Waals surface area (Å²) in [5, 5.41) is 3.14. The Balaban J connectivity index is 1.59. The molecule has 1 fully saturated rings. The van der Waals surface area contributed by atoms with Gasteiger partial charge in [-0.25, -0.2) is 0 Å². The van der Waals surface area contributed by atoms with Crippen molar-refractivity contribution in [1.82, 2.24) is 0 Å². The van der Waals surface area contributed by atoms with Crippen molar-refractivity contribution in [3.63, 3.8) is 0 Å². The van der Waals surface area contributed by atoms with E-state index in [2.05, 4.69) is 5.32 Å². The Bertz CT molecular complexity index is 1010. The molecule has 2 amide bonds. The van der Waals surface area contributed by atoms with Crippen LogP contribution in [0.15, 0.2) is 36.4 Å². The summed E-state index contributed by atoms with van der Waals surface area (Å²) >= 11 is 5.94. The number of benzene rings is 2. The molecule has 31 heavy (non-hydrogen) atoms. The van der Waals surface area contributed by atoms with E-state index in [0.29, 0.717) is 27.9 Å². The average Bonchev–Trinajstić information content (AvgIpc) is 3.15. The summed E-state index contributed by atoms with van der Waals surface area (Å²) < 4.78 is 15.7. The molecule has 0 saturated carbocycles. The molecule has 1 atom stereocenters. The molecule has 164 valence electrons. The Morgan fingerprint density at radius 3 is 2.65 bits per heavy atom. The molecule has 3 rings (SSSR count). The number of amides is 2. The highest BCUT2D eigenvalue weighted by Crippen LogP contribution is 2.36. The minimum absolute atomic E-state index is 0.0109. The molecule has 1 heterocycles. The second-order valence-corrected chi connectivity index (χ2v) is 7.49. The number of anilines is 2. The number of nitrogens with one attached hydrogen (secondary N) is 1. The van der Waals surface area contributed by atoms with Crippen LogP contribution in [-0.2, 0) is 19.1 Å². The van der Waals surface area contributed by atoms with Crippen LogP contribution in [0, 0.1) is 12.8 Å².